The van der Waals surface area contributed by atoms with E-state index in [4.69, 9.17) is 18.9 Å². The summed E-state index contributed by atoms with van der Waals surface area (Å²) in [5.41, 5.74) is 14.9. The smallest absolute Gasteiger partial charge is 0.126 e. The second-order valence-corrected chi connectivity index (χ2v) is 36.3. The summed E-state index contributed by atoms with van der Waals surface area (Å²) in [6, 6.07) is 19.7. The summed E-state index contributed by atoms with van der Waals surface area (Å²) < 4.78 is 29.9. The van der Waals surface area contributed by atoms with Crippen LogP contribution >= 0.6 is 0 Å². The summed E-state index contributed by atoms with van der Waals surface area (Å²) in [6.07, 6.45) is 101. The van der Waals surface area contributed by atoms with E-state index >= 15 is 0 Å². The van der Waals surface area contributed by atoms with Crippen molar-refractivity contribution in [2.24, 2.45) is 0 Å². The van der Waals surface area contributed by atoms with E-state index in [0.717, 1.165) is 74.4 Å². The zero-order chi connectivity index (χ0) is 82.3. The van der Waals surface area contributed by atoms with E-state index in [1.165, 1.54) is 452 Å². The molecule has 0 heterocycles. The van der Waals surface area contributed by atoms with Gasteiger partial charge in [0.25, 0.3) is 0 Å². The third kappa shape index (κ3) is 47.9. The molecule has 0 unspecified atom stereocenters. The van der Waals surface area contributed by atoms with Gasteiger partial charge < -0.3 is 18.9 Å². The first-order valence-corrected chi connectivity index (χ1v) is 50.9. The molecular formula is C112H184O4. The Balaban J connectivity index is 1.49. The Kier molecular flexibility index (Phi) is 62.8. The first-order valence-electron chi connectivity index (χ1n) is 50.9. The van der Waals surface area contributed by atoms with Gasteiger partial charge in [-0.3, -0.25) is 0 Å². The number of rotatable bonds is 80. The van der Waals surface area contributed by atoms with Gasteiger partial charge in [0.15, 0.2) is 0 Å². The minimum atomic E-state index is 0.688. The van der Waals surface area contributed by atoms with Crippen LogP contribution in [0.15, 0.2) is 99.2 Å². The van der Waals surface area contributed by atoms with Gasteiger partial charge in [0.1, 0.15) is 23.0 Å². The quantitative estimate of drug-likeness (QED) is 0.0287. The fourth-order valence-corrected chi connectivity index (χ4v) is 18.4. The topological polar surface area (TPSA) is 36.9 Å². The van der Waals surface area contributed by atoms with Crippen molar-refractivity contribution in [1.29, 1.82) is 0 Å². The lowest BCUT2D eigenvalue weighted by Crippen LogP contribution is -2.12. The first-order chi connectivity index (χ1) is 57.4. The highest BCUT2D eigenvalue weighted by molar-refractivity contribution is 5.59. The van der Waals surface area contributed by atoms with E-state index in [1.54, 1.807) is 0 Å². The molecule has 5 rings (SSSR count). The zero-order valence-electron chi connectivity index (χ0n) is 77.1. The summed E-state index contributed by atoms with van der Waals surface area (Å²) in [5.74, 6) is 4.14. The monoisotopic (exact) mass is 1590 g/mol. The molecule has 1 aliphatic carbocycles. The van der Waals surface area contributed by atoms with E-state index in [1.807, 2.05) is 0 Å². The molecule has 656 valence electrons. The fourth-order valence-electron chi connectivity index (χ4n) is 18.4. The molecule has 0 radical (unpaired) electrons. The van der Waals surface area contributed by atoms with Crippen LogP contribution < -0.4 is 18.9 Å². The number of benzene rings is 4. The summed E-state index contributed by atoms with van der Waals surface area (Å²) in [7, 11) is 0. The number of hydrogen-bond donors (Lipinski definition) is 0. The highest BCUT2D eigenvalue weighted by Crippen LogP contribution is 2.42. The van der Waals surface area contributed by atoms with Crippen LogP contribution in [-0.4, -0.2) is 26.4 Å². The molecule has 0 atom stereocenters. The molecule has 4 aromatic carbocycles. The summed E-state index contributed by atoms with van der Waals surface area (Å²) >= 11 is 0. The van der Waals surface area contributed by atoms with Crippen LogP contribution in [0.2, 0.25) is 0 Å². The van der Waals surface area contributed by atoms with Gasteiger partial charge in [-0.05, 0) is 118 Å². The minimum Gasteiger partial charge on any atom is -0.493 e. The molecule has 0 saturated carbocycles. The van der Waals surface area contributed by atoms with Gasteiger partial charge in [0.05, 0.1) is 26.4 Å². The number of fused-ring (bicyclic) bond motifs is 8. The van der Waals surface area contributed by atoms with Crippen molar-refractivity contribution >= 4 is 0 Å². The van der Waals surface area contributed by atoms with Gasteiger partial charge in [0.2, 0.25) is 0 Å². The second-order valence-electron chi connectivity index (χ2n) is 36.3. The lowest BCUT2D eigenvalue weighted by Gasteiger charge is -2.25. The molecule has 0 aromatic heterocycles. The predicted molar refractivity (Wildman–Crippen MR) is 513 cm³/mol. The van der Waals surface area contributed by atoms with Crippen LogP contribution in [0.25, 0.3) is 0 Å². The largest absolute Gasteiger partial charge is 0.493 e. The average Bonchev–Trinajstić information content (AvgIpc) is 0.773. The van der Waals surface area contributed by atoms with Gasteiger partial charge in [-0.2, -0.15) is 0 Å². The molecule has 4 nitrogen and oxygen atoms in total. The van der Waals surface area contributed by atoms with Crippen LogP contribution in [0.1, 0.15) is 505 Å². The van der Waals surface area contributed by atoms with Crippen LogP contribution in [0, 0.1) is 0 Å². The molecule has 0 N–H and O–H groups in total. The third-order valence-corrected chi connectivity index (χ3v) is 25.2. The summed E-state index contributed by atoms with van der Waals surface area (Å²) in [5, 5.41) is 0. The minimum absolute atomic E-state index is 0.688. The normalized spacial score (nSPS) is 12.0. The molecule has 116 heavy (non-hydrogen) atoms. The second kappa shape index (κ2) is 71.7. The van der Waals surface area contributed by atoms with Crippen molar-refractivity contribution in [2.75, 3.05) is 26.4 Å². The number of ether oxygens (including phenoxy) is 4. The maximum absolute atomic E-state index is 7.47. The molecule has 0 amide bonds. The van der Waals surface area contributed by atoms with Crippen molar-refractivity contribution < 1.29 is 18.9 Å². The zero-order valence-corrected chi connectivity index (χ0v) is 77.1. The molecule has 0 aliphatic heterocycles. The standard InChI is InChI=1S/C112H184O4/c1-9-17-21-25-29-33-37-41-45-49-53-57-61-65-69-73-81-113-109-101-85-97(77-13-5)86-102(109)94-104-88-99(79-15-7)90-106(111(104)115-83-75-71-67-63-59-55-51-47-43-39-35-31-27-23-19-11-3)96-108-92-100(80-16-8)91-107(112(108)116-84-76-72-68-64-60-56-52-48-44-40-36-32-28-24-20-12-4)95-105-89-98(78-14-6)87-103(93-101)110(105)114-82-74-70-66-62-58-54-50-46-42-38-34-30-26-22-18-10-2/h13-16,85-92H,5-12,17-84,93-96H2,1-4H3. The predicted octanol–water partition coefficient (Wildman–Crippen LogP) is 35.8. The lowest BCUT2D eigenvalue weighted by molar-refractivity contribution is 0.292. The molecule has 0 fully saturated rings. The highest BCUT2D eigenvalue weighted by atomic mass is 16.5. The number of unbranched alkanes of at least 4 members (excludes halogenated alkanes) is 60. The Hall–Kier alpha value is -4.96. The summed E-state index contributed by atoms with van der Waals surface area (Å²) in [4.78, 5) is 0. The van der Waals surface area contributed by atoms with Gasteiger partial charge in [-0.1, -0.05) is 486 Å². The van der Waals surface area contributed by atoms with Gasteiger partial charge in [0, 0.05) is 25.7 Å². The Labute approximate surface area is 719 Å². The molecule has 8 bridgehead atoms. The van der Waals surface area contributed by atoms with Gasteiger partial charge in [-0.25, -0.2) is 0 Å². The molecule has 4 aromatic rings. The van der Waals surface area contributed by atoms with E-state index in [-0.39, 0.29) is 0 Å². The Morgan fingerprint density at radius 3 is 0.405 bits per heavy atom. The molecule has 1 aliphatic rings. The van der Waals surface area contributed by atoms with Crippen LogP contribution in [0.3, 0.4) is 0 Å². The third-order valence-electron chi connectivity index (χ3n) is 25.2. The first kappa shape index (κ1) is 102. The van der Waals surface area contributed by atoms with E-state index < -0.39 is 0 Å². The molecule has 4 heteroatoms. The summed E-state index contributed by atoms with van der Waals surface area (Å²) in [6.45, 7) is 29.5. The van der Waals surface area contributed by atoms with Crippen LogP contribution in [0.5, 0.6) is 23.0 Å². The number of hydrogen-bond acceptors (Lipinski definition) is 4. The van der Waals surface area contributed by atoms with Crippen molar-refractivity contribution in [1.82, 2.24) is 0 Å². The maximum Gasteiger partial charge on any atom is 0.126 e. The fraction of sp³-hybridized carbons (Fsp3) is 0.714. The number of allylic oxidation sites excluding steroid dienone is 4. The van der Waals surface area contributed by atoms with Gasteiger partial charge >= 0.3 is 0 Å². The average molecular weight is 1590 g/mol. The Bertz CT molecular complexity index is 2550. The SMILES string of the molecule is C=CCc1cc2c(OCCCCCCCCCCCCCCCCCC)c(c1)Cc1cc(CC=C)cc(c1OCCCCCCCCCCCCCCCCCC)Cc1cc(CC=C)cc(c1OCCCCCCCCCCCCCCCCCC)Cc1cc(CC=C)cc(c1OCCCCCCCCCCCCCCCCCC)C2. The van der Waals surface area contributed by atoms with E-state index in [2.05, 4.69) is 127 Å². The van der Waals surface area contributed by atoms with Crippen LogP contribution in [0.4, 0.5) is 0 Å². The van der Waals surface area contributed by atoms with E-state index in [9.17, 15) is 0 Å². The Morgan fingerprint density at radius 2 is 0.293 bits per heavy atom. The van der Waals surface area contributed by atoms with Crippen molar-refractivity contribution in [3.63, 3.8) is 0 Å². The van der Waals surface area contributed by atoms with Crippen LogP contribution in [-0.2, 0) is 51.4 Å². The van der Waals surface area contributed by atoms with Crippen molar-refractivity contribution in [3.05, 3.63) is 166 Å². The van der Waals surface area contributed by atoms with Crippen molar-refractivity contribution in [3.8, 4) is 23.0 Å². The molecular weight excluding hydrogens is 1410 g/mol. The maximum atomic E-state index is 7.47. The van der Waals surface area contributed by atoms with E-state index in [0.29, 0.717) is 52.1 Å². The highest BCUT2D eigenvalue weighted by Gasteiger charge is 2.25. The molecule has 0 spiro atoms. The Morgan fingerprint density at radius 1 is 0.181 bits per heavy atom. The van der Waals surface area contributed by atoms with Crippen molar-refractivity contribution in [2.45, 2.75) is 490 Å². The molecule has 0 saturated heterocycles. The lowest BCUT2D eigenvalue weighted by atomic mass is 9.87. The van der Waals surface area contributed by atoms with Gasteiger partial charge in [-0.15, -0.1) is 26.3 Å².